The molecule has 1 atom stereocenters. The third kappa shape index (κ3) is 7.91. The standard InChI is InChI=1S/C23H27N3O7/c1-4-33-23(29)18(13-16-7-10-20(32-3)19(14-16)26(30)31)25-22(28)12-11-21(27)24-17-8-5-15(2)6-9-17/h5-10,14,18H,4,11-13H2,1-3H3,(H,24,27)(H,25,28)/t18-/m1/s1. The number of hydrogen-bond acceptors (Lipinski definition) is 7. The SMILES string of the molecule is CCOC(=O)[C@@H](Cc1ccc(OC)c([N+](=O)[O-])c1)NC(=O)CCC(=O)Nc1ccc(C)cc1. The molecule has 2 aromatic carbocycles. The van der Waals surface area contributed by atoms with E-state index in [-0.39, 0.29) is 43.2 Å². The van der Waals surface area contributed by atoms with E-state index in [1.807, 2.05) is 19.1 Å². The van der Waals surface area contributed by atoms with E-state index in [2.05, 4.69) is 10.6 Å². The minimum absolute atomic E-state index is 0.0228. The molecule has 2 amide bonds. The van der Waals surface area contributed by atoms with Gasteiger partial charge < -0.3 is 20.1 Å². The first-order chi connectivity index (χ1) is 15.7. The maximum absolute atomic E-state index is 12.4. The Bertz CT molecular complexity index is 1010. The number of aryl methyl sites for hydroxylation is 1. The monoisotopic (exact) mass is 457 g/mol. The molecular formula is C23H27N3O7. The number of benzene rings is 2. The Kier molecular flexibility index (Phi) is 9.34. The highest BCUT2D eigenvalue weighted by molar-refractivity contribution is 5.94. The number of anilines is 1. The summed E-state index contributed by atoms with van der Waals surface area (Å²) in [5, 5.41) is 16.5. The molecule has 0 spiro atoms. The Morgan fingerprint density at radius 3 is 2.33 bits per heavy atom. The van der Waals surface area contributed by atoms with Gasteiger partial charge in [-0.25, -0.2) is 4.79 Å². The predicted octanol–water partition coefficient (Wildman–Crippen LogP) is 2.92. The molecule has 0 aromatic heterocycles. The van der Waals surface area contributed by atoms with Crippen molar-refractivity contribution in [1.29, 1.82) is 0 Å². The van der Waals surface area contributed by atoms with Gasteiger partial charge in [-0.1, -0.05) is 23.8 Å². The minimum Gasteiger partial charge on any atom is -0.490 e. The van der Waals surface area contributed by atoms with Crippen molar-refractivity contribution in [3.05, 3.63) is 63.7 Å². The average molecular weight is 457 g/mol. The number of nitrogens with zero attached hydrogens (tertiary/aromatic N) is 1. The molecule has 2 rings (SSSR count). The highest BCUT2D eigenvalue weighted by Crippen LogP contribution is 2.28. The topological polar surface area (TPSA) is 137 Å². The second-order valence-electron chi connectivity index (χ2n) is 7.25. The van der Waals surface area contributed by atoms with Crippen LogP contribution in [0.3, 0.4) is 0 Å². The van der Waals surface area contributed by atoms with Gasteiger partial charge in [0, 0.05) is 31.0 Å². The van der Waals surface area contributed by atoms with Gasteiger partial charge in [-0.3, -0.25) is 19.7 Å². The number of esters is 1. The van der Waals surface area contributed by atoms with Crippen LogP contribution in [-0.2, 0) is 25.5 Å². The van der Waals surface area contributed by atoms with Gasteiger partial charge in [0.25, 0.3) is 0 Å². The van der Waals surface area contributed by atoms with Crippen molar-refractivity contribution in [2.24, 2.45) is 0 Å². The second-order valence-corrected chi connectivity index (χ2v) is 7.25. The second kappa shape index (κ2) is 12.2. The predicted molar refractivity (Wildman–Crippen MR) is 121 cm³/mol. The van der Waals surface area contributed by atoms with Crippen molar-refractivity contribution < 1.29 is 28.8 Å². The van der Waals surface area contributed by atoms with Gasteiger partial charge in [0.1, 0.15) is 6.04 Å². The van der Waals surface area contributed by atoms with Gasteiger partial charge in [0.15, 0.2) is 5.75 Å². The lowest BCUT2D eigenvalue weighted by molar-refractivity contribution is -0.385. The summed E-state index contributed by atoms with van der Waals surface area (Å²) < 4.78 is 10.0. The molecule has 10 nitrogen and oxygen atoms in total. The van der Waals surface area contributed by atoms with E-state index in [1.165, 1.54) is 19.2 Å². The molecule has 2 aromatic rings. The first-order valence-electron chi connectivity index (χ1n) is 10.4. The van der Waals surface area contributed by atoms with Gasteiger partial charge in [-0.05, 0) is 37.6 Å². The van der Waals surface area contributed by atoms with Crippen LogP contribution >= 0.6 is 0 Å². The molecule has 0 radical (unpaired) electrons. The van der Waals surface area contributed by atoms with Crippen molar-refractivity contribution in [2.75, 3.05) is 19.0 Å². The molecule has 0 fully saturated rings. The van der Waals surface area contributed by atoms with E-state index >= 15 is 0 Å². The maximum Gasteiger partial charge on any atom is 0.328 e. The Morgan fingerprint density at radius 2 is 1.73 bits per heavy atom. The van der Waals surface area contributed by atoms with E-state index in [0.717, 1.165) is 5.56 Å². The molecule has 0 saturated carbocycles. The number of methoxy groups -OCH3 is 1. The quantitative estimate of drug-likeness (QED) is 0.301. The largest absolute Gasteiger partial charge is 0.490 e. The summed E-state index contributed by atoms with van der Waals surface area (Å²) in [4.78, 5) is 47.5. The summed E-state index contributed by atoms with van der Waals surface area (Å²) in [5.41, 5.74) is 1.87. The molecule has 0 aliphatic carbocycles. The molecule has 0 unspecified atom stereocenters. The smallest absolute Gasteiger partial charge is 0.328 e. The van der Waals surface area contributed by atoms with Crippen LogP contribution in [0.1, 0.15) is 30.9 Å². The Balaban J connectivity index is 2.01. The Morgan fingerprint density at radius 1 is 1.06 bits per heavy atom. The van der Waals surface area contributed by atoms with Gasteiger partial charge >= 0.3 is 11.7 Å². The molecule has 0 aliphatic rings. The molecular weight excluding hydrogens is 430 g/mol. The third-order valence-electron chi connectivity index (χ3n) is 4.70. The summed E-state index contributed by atoms with van der Waals surface area (Å²) in [6.07, 6.45) is -0.245. The number of nitrogens with one attached hydrogen (secondary N) is 2. The minimum atomic E-state index is -1.06. The molecule has 0 heterocycles. The molecule has 0 bridgehead atoms. The third-order valence-corrected chi connectivity index (χ3v) is 4.70. The van der Waals surface area contributed by atoms with Crippen LogP contribution in [0.15, 0.2) is 42.5 Å². The number of nitro benzene ring substituents is 1. The van der Waals surface area contributed by atoms with E-state index in [0.29, 0.717) is 11.3 Å². The lowest BCUT2D eigenvalue weighted by Gasteiger charge is -2.17. The normalized spacial score (nSPS) is 11.2. The van der Waals surface area contributed by atoms with Crippen LogP contribution in [0.5, 0.6) is 5.75 Å². The molecule has 0 aliphatic heterocycles. The fourth-order valence-corrected chi connectivity index (χ4v) is 3.03. The van der Waals surface area contributed by atoms with Gasteiger partial charge in [0.2, 0.25) is 11.8 Å². The van der Waals surface area contributed by atoms with Crippen molar-refractivity contribution in [2.45, 2.75) is 39.2 Å². The molecule has 2 N–H and O–H groups in total. The summed E-state index contributed by atoms with van der Waals surface area (Å²) in [5.74, 6) is -1.45. The van der Waals surface area contributed by atoms with Crippen molar-refractivity contribution >= 4 is 29.2 Å². The van der Waals surface area contributed by atoms with E-state index in [9.17, 15) is 24.5 Å². The zero-order valence-electron chi connectivity index (χ0n) is 18.8. The van der Waals surface area contributed by atoms with E-state index in [4.69, 9.17) is 9.47 Å². The van der Waals surface area contributed by atoms with E-state index in [1.54, 1.807) is 25.1 Å². The van der Waals surface area contributed by atoms with Gasteiger partial charge in [-0.2, -0.15) is 0 Å². The highest BCUT2D eigenvalue weighted by Gasteiger charge is 2.24. The van der Waals surface area contributed by atoms with E-state index < -0.39 is 22.8 Å². The fraction of sp³-hybridized carbons (Fsp3) is 0.348. The number of carbonyl (C=O) groups is 3. The van der Waals surface area contributed by atoms with Crippen molar-refractivity contribution in [3.8, 4) is 5.75 Å². The number of carbonyl (C=O) groups excluding carboxylic acids is 3. The Labute approximate surface area is 191 Å². The fourth-order valence-electron chi connectivity index (χ4n) is 3.03. The maximum atomic E-state index is 12.4. The number of hydrogen-bond donors (Lipinski definition) is 2. The highest BCUT2D eigenvalue weighted by atomic mass is 16.6. The first-order valence-corrected chi connectivity index (χ1v) is 10.4. The van der Waals surface area contributed by atoms with Crippen LogP contribution < -0.4 is 15.4 Å². The zero-order valence-corrected chi connectivity index (χ0v) is 18.8. The van der Waals surface area contributed by atoms with Gasteiger partial charge in [-0.15, -0.1) is 0 Å². The van der Waals surface area contributed by atoms with Gasteiger partial charge in [0.05, 0.1) is 18.6 Å². The first kappa shape index (κ1) is 25.3. The number of nitro groups is 1. The summed E-state index contributed by atoms with van der Waals surface area (Å²) in [6.45, 7) is 3.66. The average Bonchev–Trinajstić information content (AvgIpc) is 2.79. The van der Waals surface area contributed by atoms with Crippen molar-refractivity contribution in [3.63, 3.8) is 0 Å². The molecule has 176 valence electrons. The van der Waals surface area contributed by atoms with Crippen molar-refractivity contribution in [1.82, 2.24) is 5.32 Å². The number of amides is 2. The Hall–Kier alpha value is -3.95. The van der Waals surface area contributed by atoms with Crippen LogP contribution in [0.25, 0.3) is 0 Å². The molecule has 0 saturated heterocycles. The number of ether oxygens (including phenoxy) is 2. The molecule has 10 heteroatoms. The summed E-state index contributed by atoms with van der Waals surface area (Å²) >= 11 is 0. The lowest BCUT2D eigenvalue weighted by Crippen LogP contribution is -2.43. The molecule has 33 heavy (non-hydrogen) atoms. The zero-order chi connectivity index (χ0) is 24.4. The van der Waals surface area contributed by atoms with Crippen LogP contribution in [0.2, 0.25) is 0 Å². The van der Waals surface area contributed by atoms with Crippen LogP contribution in [-0.4, -0.2) is 42.5 Å². The number of rotatable bonds is 11. The summed E-state index contributed by atoms with van der Waals surface area (Å²) in [6, 6.07) is 10.4. The lowest BCUT2D eigenvalue weighted by atomic mass is 10.0. The van der Waals surface area contributed by atoms with Crippen LogP contribution in [0, 0.1) is 17.0 Å². The summed E-state index contributed by atoms with van der Waals surface area (Å²) in [7, 11) is 1.32. The van der Waals surface area contributed by atoms with Crippen LogP contribution in [0.4, 0.5) is 11.4 Å².